The van der Waals surface area contributed by atoms with Crippen LogP contribution in [0.25, 0.3) is 0 Å². The number of hydrogen-bond donors (Lipinski definition) is 0. The molecule has 152 valence electrons. The number of likely N-dealkylation sites (tertiary alicyclic amines) is 1. The van der Waals surface area contributed by atoms with Crippen molar-refractivity contribution in [2.45, 2.75) is 43.2 Å². The van der Waals surface area contributed by atoms with Crippen LogP contribution in [0, 0.1) is 5.92 Å². The van der Waals surface area contributed by atoms with Crippen molar-refractivity contribution in [1.82, 2.24) is 9.80 Å². The standard InChI is InChI=1S/C22H36N2O2S/c1-25-15-13-23-11-9-20(10-12-23)17-24(18-21-4-3-14-26-21)16-19-5-7-22(27-2)8-6-19/h5-8,20-21H,3-4,9-18H2,1-2H3. The lowest BCUT2D eigenvalue weighted by molar-refractivity contribution is 0.0552. The molecule has 1 aromatic carbocycles. The third kappa shape index (κ3) is 7.06. The molecular formula is C22H36N2O2S. The second-order valence-corrected chi connectivity index (χ2v) is 8.83. The highest BCUT2D eigenvalue weighted by molar-refractivity contribution is 7.98. The number of rotatable bonds is 10. The second-order valence-electron chi connectivity index (χ2n) is 7.96. The molecule has 0 saturated carbocycles. The Bertz CT molecular complexity index is 526. The zero-order chi connectivity index (χ0) is 18.9. The van der Waals surface area contributed by atoms with Crippen LogP contribution in [-0.4, -0.2) is 75.2 Å². The van der Waals surface area contributed by atoms with Crippen molar-refractivity contribution in [3.05, 3.63) is 29.8 Å². The zero-order valence-corrected chi connectivity index (χ0v) is 17.9. The van der Waals surface area contributed by atoms with Crippen molar-refractivity contribution in [2.24, 2.45) is 5.92 Å². The first-order valence-corrected chi connectivity index (χ1v) is 11.7. The lowest BCUT2D eigenvalue weighted by Gasteiger charge is -2.35. The maximum Gasteiger partial charge on any atom is 0.0702 e. The fourth-order valence-electron chi connectivity index (χ4n) is 4.25. The number of thioether (sulfide) groups is 1. The molecule has 5 heteroatoms. The summed E-state index contributed by atoms with van der Waals surface area (Å²) in [7, 11) is 1.79. The van der Waals surface area contributed by atoms with Crippen molar-refractivity contribution in [2.75, 3.05) is 59.3 Å². The molecule has 0 amide bonds. The highest BCUT2D eigenvalue weighted by Gasteiger charge is 2.24. The Balaban J connectivity index is 1.53. The molecule has 0 aliphatic carbocycles. The third-order valence-corrected chi connectivity index (χ3v) is 6.63. The Labute approximate surface area is 169 Å². The van der Waals surface area contributed by atoms with Gasteiger partial charge in [-0.1, -0.05) is 12.1 Å². The van der Waals surface area contributed by atoms with Gasteiger partial charge in [0.25, 0.3) is 0 Å². The summed E-state index contributed by atoms with van der Waals surface area (Å²) >= 11 is 1.81. The Morgan fingerprint density at radius 2 is 1.93 bits per heavy atom. The molecule has 1 atom stereocenters. The van der Waals surface area contributed by atoms with E-state index < -0.39 is 0 Å². The maximum atomic E-state index is 5.94. The van der Waals surface area contributed by atoms with Gasteiger partial charge in [-0.05, 0) is 68.6 Å². The van der Waals surface area contributed by atoms with Crippen molar-refractivity contribution in [3.8, 4) is 0 Å². The summed E-state index contributed by atoms with van der Waals surface area (Å²) in [6.07, 6.45) is 7.61. The van der Waals surface area contributed by atoms with Gasteiger partial charge in [-0.3, -0.25) is 4.90 Å². The number of methoxy groups -OCH3 is 1. The minimum Gasteiger partial charge on any atom is -0.383 e. The number of hydrogen-bond acceptors (Lipinski definition) is 5. The van der Waals surface area contributed by atoms with Gasteiger partial charge in [-0.25, -0.2) is 0 Å². The van der Waals surface area contributed by atoms with Gasteiger partial charge in [0.05, 0.1) is 12.7 Å². The van der Waals surface area contributed by atoms with Crippen LogP contribution < -0.4 is 0 Å². The van der Waals surface area contributed by atoms with Crippen LogP contribution in [0.15, 0.2) is 29.2 Å². The van der Waals surface area contributed by atoms with Gasteiger partial charge in [0.2, 0.25) is 0 Å². The van der Waals surface area contributed by atoms with Gasteiger partial charge in [-0.2, -0.15) is 0 Å². The monoisotopic (exact) mass is 392 g/mol. The first kappa shape index (κ1) is 21.1. The lowest BCUT2D eigenvalue weighted by atomic mass is 9.95. The van der Waals surface area contributed by atoms with E-state index in [1.54, 1.807) is 7.11 Å². The predicted octanol–water partition coefficient (Wildman–Crippen LogP) is 3.75. The van der Waals surface area contributed by atoms with Crippen LogP contribution >= 0.6 is 11.8 Å². The van der Waals surface area contributed by atoms with Gasteiger partial charge in [-0.15, -0.1) is 11.8 Å². The quantitative estimate of drug-likeness (QED) is 0.565. The van der Waals surface area contributed by atoms with Crippen molar-refractivity contribution >= 4 is 11.8 Å². The van der Waals surface area contributed by atoms with E-state index in [9.17, 15) is 0 Å². The van der Waals surface area contributed by atoms with Crippen molar-refractivity contribution in [1.29, 1.82) is 0 Å². The second kappa shape index (κ2) is 11.4. The molecule has 2 aliphatic rings. The molecule has 2 aliphatic heterocycles. The molecule has 0 radical (unpaired) electrons. The molecule has 1 unspecified atom stereocenters. The van der Waals surface area contributed by atoms with E-state index in [4.69, 9.17) is 9.47 Å². The van der Waals surface area contributed by atoms with E-state index in [1.165, 1.54) is 55.8 Å². The minimum absolute atomic E-state index is 0.428. The molecule has 0 N–H and O–H groups in total. The zero-order valence-electron chi connectivity index (χ0n) is 17.1. The predicted molar refractivity (Wildman–Crippen MR) is 114 cm³/mol. The van der Waals surface area contributed by atoms with Crippen LogP contribution in [0.2, 0.25) is 0 Å². The fraction of sp³-hybridized carbons (Fsp3) is 0.727. The average Bonchev–Trinajstić information content (AvgIpc) is 3.21. The van der Waals surface area contributed by atoms with Crippen LogP contribution in [0.3, 0.4) is 0 Å². The smallest absolute Gasteiger partial charge is 0.0702 e. The maximum absolute atomic E-state index is 5.94. The van der Waals surface area contributed by atoms with Crippen LogP contribution in [0.4, 0.5) is 0 Å². The van der Waals surface area contributed by atoms with Gasteiger partial charge >= 0.3 is 0 Å². The molecule has 27 heavy (non-hydrogen) atoms. The average molecular weight is 393 g/mol. The minimum atomic E-state index is 0.428. The van der Waals surface area contributed by atoms with Gasteiger partial charge in [0.15, 0.2) is 0 Å². The van der Waals surface area contributed by atoms with Gasteiger partial charge in [0.1, 0.15) is 0 Å². The van der Waals surface area contributed by atoms with Crippen molar-refractivity contribution < 1.29 is 9.47 Å². The summed E-state index contributed by atoms with van der Waals surface area (Å²) in [5.74, 6) is 0.802. The van der Waals surface area contributed by atoms with E-state index in [2.05, 4.69) is 40.3 Å². The summed E-state index contributed by atoms with van der Waals surface area (Å²) < 4.78 is 11.2. The SMILES string of the molecule is COCCN1CCC(CN(Cc2ccc(SC)cc2)CC2CCCO2)CC1. The van der Waals surface area contributed by atoms with Crippen molar-refractivity contribution in [3.63, 3.8) is 0 Å². The molecule has 0 bridgehead atoms. The largest absolute Gasteiger partial charge is 0.383 e. The molecule has 2 fully saturated rings. The lowest BCUT2D eigenvalue weighted by Crippen LogP contribution is -2.41. The molecule has 0 aromatic heterocycles. The first-order valence-electron chi connectivity index (χ1n) is 10.4. The van der Waals surface area contributed by atoms with Crippen LogP contribution in [0.1, 0.15) is 31.2 Å². The van der Waals surface area contributed by atoms with E-state index >= 15 is 0 Å². The van der Waals surface area contributed by atoms with E-state index in [1.807, 2.05) is 11.8 Å². The molecule has 0 spiro atoms. The van der Waals surface area contributed by atoms with E-state index in [-0.39, 0.29) is 0 Å². The number of piperidine rings is 1. The summed E-state index contributed by atoms with van der Waals surface area (Å²) in [5.41, 5.74) is 1.42. The summed E-state index contributed by atoms with van der Waals surface area (Å²) in [6.45, 7) is 8.61. The molecular weight excluding hydrogens is 356 g/mol. The topological polar surface area (TPSA) is 24.9 Å². The highest BCUT2D eigenvalue weighted by atomic mass is 32.2. The third-order valence-electron chi connectivity index (χ3n) is 5.89. The Morgan fingerprint density at radius 1 is 1.15 bits per heavy atom. The fourth-order valence-corrected chi connectivity index (χ4v) is 4.66. The molecule has 1 aromatic rings. The van der Waals surface area contributed by atoms with Crippen LogP contribution in [-0.2, 0) is 16.0 Å². The van der Waals surface area contributed by atoms with Gasteiger partial charge in [0, 0.05) is 44.8 Å². The summed E-state index contributed by atoms with van der Waals surface area (Å²) in [6, 6.07) is 9.08. The number of benzene rings is 1. The van der Waals surface area contributed by atoms with Gasteiger partial charge < -0.3 is 14.4 Å². The molecule has 3 rings (SSSR count). The molecule has 2 heterocycles. The van der Waals surface area contributed by atoms with E-state index in [0.29, 0.717) is 6.10 Å². The number of ether oxygens (including phenoxy) is 2. The highest BCUT2D eigenvalue weighted by Crippen LogP contribution is 2.22. The Kier molecular flexibility index (Phi) is 8.94. The van der Waals surface area contributed by atoms with E-state index in [0.717, 1.165) is 38.8 Å². The molecule has 2 saturated heterocycles. The summed E-state index contributed by atoms with van der Waals surface area (Å²) in [5, 5.41) is 0. The van der Waals surface area contributed by atoms with Crippen LogP contribution in [0.5, 0.6) is 0 Å². The normalized spacial score (nSPS) is 22.0. The Hall–Kier alpha value is -0.590. The molecule has 4 nitrogen and oxygen atoms in total. The summed E-state index contributed by atoms with van der Waals surface area (Å²) in [4.78, 5) is 6.54. The first-order chi connectivity index (χ1) is 13.3. The Morgan fingerprint density at radius 3 is 2.56 bits per heavy atom. The number of nitrogens with zero attached hydrogens (tertiary/aromatic N) is 2.